The molecule has 4 rings (SSSR count). The highest BCUT2D eigenvalue weighted by Gasteiger charge is 2.24. The van der Waals surface area contributed by atoms with Crippen molar-refractivity contribution in [3.63, 3.8) is 0 Å². The Kier molecular flexibility index (Phi) is 8.58. The van der Waals surface area contributed by atoms with Crippen molar-refractivity contribution in [2.45, 2.75) is 17.9 Å². The number of benzene rings is 3. The summed E-state index contributed by atoms with van der Waals surface area (Å²) in [4.78, 5) is 16.7. The first-order chi connectivity index (χ1) is 17.8. The first-order valence-corrected chi connectivity index (χ1v) is 13.8. The fourth-order valence-electron chi connectivity index (χ4n) is 4.19. The third-order valence-corrected chi connectivity index (χ3v) is 8.09. The van der Waals surface area contributed by atoms with E-state index in [9.17, 15) is 13.2 Å². The number of hydrogen-bond donors (Lipinski definition) is 1. The van der Waals surface area contributed by atoms with Crippen molar-refractivity contribution >= 4 is 33.2 Å². The summed E-state index contributed by atoms with van der Waals surface area (Å²) in [5.41, 5.74) is 1.85. The van der Waals surface area contributed by atoms with E-state index in [-0.39, 0.29) is 28.2 Å². The van der Waals surface area contributed by atoms with Gasteiger partial charge in [0.25, 0.3) is 5.91 Å². The Balaban J connectivity index is 1.32. The molecule has 8 nitrogen and oxygen atoms in total. The number of carbonyl (C=O) groups excluding carboxylic acids is 1. The minimum absolute atomic E-state index is 0.0198. The van der Waals surface area contributed by atoms with E-state index >= 15 is 0 Å². The van der Waals surface area contributed by atoms with Gasteiger partial charge in [-0.1, -0.05) is 54.1 Å². The number of rotatable bonds is 9. The van der Waals surface area contributed by atoms with E-state index in [0.29, 0.717) is 26.2 Å². The fourth-order valence-corrected chi connectivity index (χ4v) is 5.75. The second-order valence-corrected chi connectivity index (χ2v) is 10.8. The van der Waals surface area contributed by atoms with E-state index in [1.54, 1.807) is 18.9 Å². The Morgan fingerprint density at radius 1 is 0.973 bits per heavy atom. The average Bonchev–Trinajstić information content (AvgIpc) is 2.92. The van der Waals surface area contributed by atoms with E-state index in [0.717, 1.165) is 17.0 Å². The first-order valence-electron chi connectivity index (χ1n) is 11.9. The minimum Gasteiger partial charge on any atom is -0.495 e. The Hall–Kier alpha value is -3.27. The van der Waals surface area contributed by atoms with Crippen LogP contribution in [0.3, 0.4) is 0 Å². The van der Waals surface area contributed by atoms with Crippen LogP contribution in [0, 0.1) is 0 Å². The molecule has 1 N–H and O–H groups in total. The number of para-hydroxylation sites is 2. The van der Waals surface area contributed by atoms with Gasteiger partial charge >= 0.3 is 0 Å². The van der Waals surface area contributed by atoms with E-state index in [2.05, 4.69) is 9.62 Å². The van der Waals surface area contributed by atoms with Crippen molar-refractivity contribution in [3.05, 3.63) is 83.4 Å². The van der Waals surface area contributed by atoms with Gasteiger partial charge in [0.05, 0.1) is 22.7 Å². The second-order valence-electron chi connectivity index (χ2n) is 8.67. The van der Waals surface area contributed by atoms with Gasteiger partial charge in [-0.2, -0.15) is 0 Å². The van der Waals surface area contributed by atoms with Gasteiger partial charge < -0.3 is 19.3 Å². The van der Waals surface area contributed by atoms with Gasteiger partial charge in [-0.15, -0.1) is 0 Å². The van der Waals surface area contributed by atoms with Crippen molar-refractivity contribution in [2.24, 2.45) is 0 Å². The zero-order chi connectivity index (χ0) is 26.4. The van der Waals surface area contributed by atoms with Gasteiger partial charge in [0, 0.05) is 32.2 Å². The smallest absolute Gasteiger partial charge is 0.260 e. The summed E-state index contributed by atoms with van der Waals surface area (Å²) in [6.07, 6.45) is 0. The minimum atomic E-state index is -3.81. The average molecular weight is 544 g/mol. The number of amides is 1. The standard InChI is InChI=1S/C27H30ClN3O5S/c1-20(21-8-4-3-5-9-21)29-37(33,34)22-12-13-25(23(28)18-22)36-19-27(32)31-16-14-30(15-17-31)24-10-6-7-11-26(24)35-2/h3-13,18,20,29H,14-17,19H2,1-2H3/t20-/m0/s1. The molecule has 0 radical (unpaired) electrons. The van der Waals surface area contributed by atoms with E-state index in [1.807, 2.05) is 54.6 Å². The third kappa shape index (κ3) is 6.54. The molecule has 37 heavy (non-hydrogen) atoms. The van der Waals surface area contributed by atoms with Crippen LogP contribution in [-0.4, -0.2) is 59.1 Å². The van der Waals surface area contributed by atoms with Crippen molar-refractivity contribution in [1.29, 1.82) is 0 Å². The summed E-state index contributed by atoms with van der Waals surface area (Å²) in [7, 11) is -2.16. The molecule has 1 saturated heterocycles. The summed E-state index contributed by atoms with van der Waals surface area (Å²) >= 11 is 6.31. The number of halogens is 1. The number of ether oxygens (including phenoxy) is 2. The van der Waals surface area contributed by atoms with Crippen LogP contribution in [0.4, 0.5) is 5.69 Å². The summed E-state index contributed by atoms with van der Waals surface area (Å²) in [5.74, 6) is 0.888. The van der Waals surface area contributed by atoms with Crippen LogP contribution < -0.4 is 19.1 Å². The second kappa shape index (κ2) is 11.9. The molecule has 3 aromatic rings. The van der Waals surface area contributed by atoms with Gasteiger partial charge in [0.1, 0.15) is 11.5 Å². The third-order valence-electron chi connectivity index (χ3n) is 6.25. The Morgan fingerprint density at radius 2 is 1.65 bits per heavy atom. The highest BCUT2D eigenvalue weighted by Crippen LogP contribution is 2.30. The largest absolute Gasteiger partial charge is 0.495 e. The number of nitrogens with one attached hydrogen (secondary N) is 1. The van der Waals surface area contributed by atoms with Crippen LogP contribution in [-0.2, 0) is 14.8 Å². The molecule has 10 heteroatoms. The van der Waals surface area contributed by atoms with Gasteiger partial charge in [-0.25, -0.2) is 13.1 Å². The molecule has 1 atom stereocenters. The molecular formula is C27H30ClN3O5S. The van der Waals surface area contributed by atoms with Crippen molar-refractivity contribution in [3.8, 4) is 11.5 Å². The lowest BCUT2D eigenvalue weighted by Crippen LogP contribution is -2.50. The highest BCUT2D eigenvalue weighted by molar-refractivity contribution is 7.89. The summed E-state index contributed by atoms with van der Waals surface area (Å²) in [6.45, 7) is 4.03. The van der Waals surface area contributed by atoms with Crippen LogP contribution in [0.5, 0.6) is 11.5 Å². The van der Waals surface area contributed by atoms with E-state index in [1.165, 1.54) is 18.2 Å². The van der Waals surface area contributed by atoms with Gasteiger partial charge in [0.15, 0.2) is 6.61 Å². The van der Waals surface area contributed by atoms with Crippen molar-refractivity contribution in [2.75, 3.05) is 44.8 Å². The maximum Gasteiger partial charge on any atom is 0.260 e. The molecule has 0 bridgehead atoms. The van der Waals surface area contributed by atoms with Crippen LogP contribution in [0.2, 0.25) is 5.02 Å². The maximum atomic E-state index is 12.8. The molecule has 0 aliphatic carbocycles. The van der Waals surface area contributed by atoms with E-state index < -0.39 is 16.1 Å². The normalized spacial score (nSPS) is 14.8. The molecule has 0 spiro atoms. The SMILES string of the molecule is COc1ccccc1N1CCN(C(=O)COc2ccc(S(=O)(=O)N[C@@H](C)c3ccccc3)cc2Cl)CC1. The molecule has 0 saturated carbocycles. The zero-order valence-electron chi connectivity index (χ0n) is 20.8. The molecule has 1 aliphatic heterocycles. The quantitative estimate of drug-likeness (QED) is 0.437. The number of piperazine rings is 1. The van der Waals surface area contributed by atoms with Crippen molar-refractivity contribution in [1.82, 2.24) is 9.62 Å². The number of nitrogens with zero attached hydrogens (tertiary/aromatic N) is 2. The maximum absolute atomic E-state index is 12.8. The molecule has 1 amide bonds. The van der Waals surface area contributed by atoms with Crippen LogP contribution in [0.1, 0.15) is 18.5 Å². The molecule has 0 unspecified atom stereocenters. The Labute approximate surface area is 222 Å². The highest BCUT2D eigenvalue weighted by atomic mass is 35.5. The lowest BCUT2D eigenvalue weighted by Gasteiger charge is -2.36. The molecule has 1 aliphatic rings. The van der Waals surface area contributed by atoms with Gasteiger partial charge in [-0.05, 0) is 42.8 Å². The molecule has 1 heterocycles. The zero-order valence-corrected chi connectivity index (χ0v) is 22.3. The first kappa shape index (κ1) is 26.8. The summed E-state index contributed by atoms with van der Waals surface area (Å²) in [5, 5.41) is 0.115. The predicted molar refractivity (Wildman–Crippen MR) is 144 cm³/mol. The van der Waals surface area contributed by atoms with Crippen LogP contribution in [0.25, 0.3) is 0 Å². The number of hydrogen-bond acceptors (Lipinski definition) is 6. The number of carbonyl (C=O) groups is 1. The monoisotopic (exact) mass is 543 g/mol. The fraction of sp³-hybridized carbons (Fsp3) is 0.296. The Morgan fingerprint density at radius 3 is 2.32 bits per heavy atom. The number of anilines is 1. The molecule has 196 valence electrons. The lowest BCUT2D eigenvalue weighted by atomic mass is 10.1. The molecule has 0 aromatic heterocycles. The lowest BCUT2D eigenvalue weighted by molar-refractivity contribution is -0.133. The van der Waals surface area contributed by atoms with Crippen LogP contribution >= 0.6 is 11.6 Å². The number of sulfonamides is 1. The summed E-state index contributed by atoms with van der Waals surface area (Å²) in [6, 6.07) is 20.9. The van der Waals surface area contributed by atoms with Crippen LogP contribution in [0.15, 0.2) is 77.7 Å². The molecule has 1 fully saturated rings. The van der Waals surface area contributed by atoms with Gasteiger partial charge in [0.2, 0.25) is 10.0 Å². The van der Waals surface area contributed by atoms with Crippen molar-refractivity contribution < 1.29 is 22.7 Å². The molecule has 3 aromatic carbocycles. The molecular weight excluding hydrogens is 514 g/mol. The predicted octanol–water partition coefficient (Wildman–Crippen LogP) is 4.12. The topological polar surface area (TPSA) is 88.2 Å². The van der Waals surface area contributed by atoms with E-state index in [4.69, 9.17) is 21.1 Å². The van der Waals surface area contributed by atoms with Gasteiger partial charge in [-0.3, -0.25) is 4.79 Å². The Bertz CT molecular complexity index is 1330. The summed E-state index contributed by atoms with van der Waals surface area (Å²) < 4.78 is 39.4. The number of methoxy groups -OCH3 is 1.